The summed E-state index contributed by atoms with van der Waals surface area (Å²) in [6, 6.07) is 4.41. The highest BCUT2D eigenvalue weighted by atomic mass is 15.0. The summed E-state index contributed by atoms with van der Waals surface area (Å²) in [6.07, 6.45) is 2.28. The number of rotatable bonds is 1. The van der Waals surface area contributed by atoms with Crippen LogP contribution in [0.25, 0.3) is 5.57 Å². The van der Waals surface area contributed by atoms with Gasteiger partial charge in [0.2, 0.25) is 0 Å². The fourth-order valence-electron chi connectivity index (χ4n) is 2.50. The van der Waals surface area contributed by atoms with Gasteiger partial charge in [-0.15, -0.1) is 0 Å². The number of aryl methyl sites for hydroxylation is 1. The second kappa shape index (κ2) is 3.55. The molecule has 0 aromatic heterocycles. The van der Waals surface area contributed by atoms with Crippen LogP contribution in [0.15, 0.2) is 18.2 Å². The SMILES string of the molecule is CNc1cc(C)cc2c1C(C)=CC(C)(C)N2. The van der Waals surface area contributed by atoms with Gasteiger partial charge in [0.1, 0.15) is 0 Å². The number of benzene rings is 1. The summed E-state index contributed by atoms with van der Waals surface area (Å²) in [4.78, 5) is 0. The highest BCUT2D eigenvalue weighted by Crippen LogP contribution is 2.38. The molecule has 0 amide bonds. The van der Waals surface area contributed by atoms with Crippen molar-refractivity contribution in [3.63, 3.8) is 0 Å². The Morgan fingerprint density at radius 2 is 1.88 bits per heavy atom. The molecule has 1 heterocycles. The number of hydrogen-bond donors (Lipinski definition) is 2. The predicted octanol–water partition coefficient (Wildman–Crippen LogP) is 3.64. The summed E-state index contributed by atoms with van der Waals surface area (Å²) in [5, 5.41) is 6.84. The number of hydrogen-bond acceptors (Lipinski definition) is 2. The van der Waals surface area contributed by atoms with Crippen LogP contribution in [0.3, 0.4) is 0 Å². The Hall–Kier alpha value is -1.44. The van der Waals surface area contributed by atoms with Gasteiger partial charge in [-0.3, -0.25) is 0 Å². The molecule has 16 heavy (non-hydrogen) atoms. The molecular formula is C14H20N2. The van der Waals surface area contributed by atoms with Crippen LogP contribution in [0.2, 0.25) is 0 Å². The molecule has 1 aromatic rings. The van der Waals surface area contributed by atoms with Crippen molar-refractivity contribution in [1.29, 1.82) is 0 Å². The largest absolute Gasteiger partial charge is 0.388 e. The van der Waals surface area contributed by atoms with Crippen molar-refractivity contribution in [1.82, 2.24) is 0 Å². The molecule has 0 fully saturated rings. The Labute approximate surface area is 97.8 Å². The van der Waals surface area contributed by atoms with Gasteiger partial charge in [-0.2, -0.15) is 0 Å². The summed E-state index contributed by atoms with van der Waals surface area (Å²) < 4.78 is 0. The normalized spacial score (nSPS) is 17.2. The third-order valence-corrected chi connectivity index (χ3v) is 2.98. The Balaban J connectivity index is 2.64. The second-order valence-electron chi connectivity index (χ2n) is 5.16. The number of fused-ring (bicyclic) bond motifs is 1. The fraction of sp³-hybridized carbons (Fsp3) is 0.429. The maximum atomic E-state index is 3.57. The highest BCUT2D eigenvalue weighted by molar-refractivity contribution is 5.88. The van der Waals surface area contributed by atoms with E-state index in [2.05, 4.69) is 56.5 Å². The van der Waals surface area contributed by atoms with Crippen molar-refractivity contribution in [3.05, 3.63) is 29.3 Å². The van der Waals surface area contributed by atoms with Crippen LogP contribution in [0.4, 0.5) is 11.4 Å². The van der Waals surface area contributed by atoms with Crippen molar-refractivity contribution < 1.29 is 0 Å². The summed E-state index contributed by atoms with van der Waals surface area (Å²) >= 11 is 0. The van der Waals surface area contributed by atoms with E-state index < -0.39 is 0 Å². The van der Waals surface area contributed by atoms with Crippen LogP contribution in [-0.2, 0) is 0 Å². The minimum Gasteiger partial charge on any atom is -0.388 e. The van der Waals surface area contributed by atoms with Crippen LogP contribution in [0.1, 0.15) is 31.9 Å². The van der Waals surface area contributed by atoms with Gasteiger partial charge in [0.15, 0.2) is 0 Å². The lowest BCUT2D eigenvalue weighted by atomic mass is 9.89. The van der Waals surface area contributed by atoms with Crippen molar-refractivity contribution in [2.75, 3.05) is 17.7 Å². The monoisotopic (exact) mass is 216 g/mol. The molecule has 0 atom stereocenters. The molecule has 0 saturated carbocycles. The molecule has 86 valence electrons. The van der Waals surface area contributed by atoms with Crippen molar-refractivity contribution >= 4 is 16.9 Å². The van der Waals surface area contributed by atoms with Gasteiger partial charge in [-0.1, -0.05) is 6.08 Å². The standard InChI is InChI=1S/C14H20N2/c1-9-6-11(15-5)13-10(2)8-14(3,4)16-12(13)7-9/h6-8,15-16H,1-5H3. The Morgan fingerprint density at radius 1 is 1.19 bits per heavy atom. The maximum Gasteiger partial charge on any atom is 0.0505 e. The number of nitrogens with one attached hydrogen (secondary N) is 2. The molecule has 0 bridgehead atoms. The average molecular weight is 216 g/mol. The zero-order valence-corrected chi connectivity index (χ0v) is 10.7. The first-order valence-corrected chi connectivity index (χ1v) is 5.73. The Kier molecular flexibility index (Phi) is 2.45. The van der Waals surface area contributed by atoms with E-state index in [1.807, 2.05) is 7.05 Å². The lowest BCUT2D eigenvalue weighted by Crippen LogP contribution is -2.31. The van der Waals surface area contributed by atoms with E-state index in [0.29, 0.717) is 0 Å². The van der Waals surface area contributed by atoms with Crippen molar-refractivity contribution in [2.45, 2.75) is 33.2 Å². The molecule has 1 aromatic carbocycles. The van der Waals surface area contributed by atoms with Crippen LogP contribution in [0, 0.1) is 6.92 Å². The molecular weight excluding hydrogens is 196 g/mol. The molecule has 0 radical (unpaired) electrons. The predicted molar refractivity (Wildman–Crippen MR) is 72.1 cm³/mol. The molecule has 2 rings (SSSR count). The zero-order chi connectivity index (χ0) is 11.9. The van der Waals surface area contributed by atoms with E-state index in [0.717, 1.165) is 0 Å². The van der Waals surface area contributed by atoms with E-state index in [-0.39, 0.29) is 5.54 Å². The van der Waals surface area contributed by atoms with E-state index in [1.54, 1.807) is 0 Å². The van der Waals surface area contributed by atoms with Crippen LogP contribution < -0.4 is 10.6 Å². The first-order valence-electron chi connectivity index (χ1n) is 5.73. The van der Waals surface area contributed by atoms with Crippen LogP contribution >= 0.6 is 0 Å². The van der Waals surface area contributed by atoms with E-state index in [1.165, 1.54) is 28.1 Å². The van der Waals surface area contributed by atoms with Gasteiger partial charge in [0.25, 0.3) is 0 Å². The number of allylic oxidation sites excluding steroid dienone is 1. The smallest absolute Gasteiger partial charge is 0.0505 e. The third-order valence-electron chi connectivity index (χ3n) is 2.98. The lowest BCUT2D eigenvalue weighted by Gasteiger charge is -2.32. The van der Waals surface area contributed by atoms with Crippen molar-refractivity contribution in [3.8, 4) is 0 Å². The minimum absolute atomic E-state index is 0.0376. The molecule has 0 spiro atoms. The first-order chi connectivity index (χ1) is 7.43. The molecule has 2 nitrogen and oxygen atoms in total. The van der Waals surface area contributed by atoms with E-state index in [4.69, 9.17) is 0 Å². The maximum absolute atomic E-state index is 3.57. The van der Waals surface area contributed by atoms with E-state index in [9.17, 15) is 0 Å². The first kappa shape index (κ1) is 11.1. The second-order valence-corrected chi connectivity index (χ2v) is 5.16. The van der Waals surface area contributed by atoms with E-state index >= 15 is 0 Å². The van der Waals surface area contributed by atoms with Crippen molar-refractivity contribution in [2.24, 2.45) is 0 Å². The molecule has 0 saturated heterocycles. The third kappa shape index (κ3) is 1.80. The fourth-order valence-corrected chi connectivity index (χ4v) is 2.50. The molecule has 1 aliphatic rings. The van der Waals surface area contributed by atoms with Gasteiger partial charge in [-0.25, -0.2) is 0 Å². The Bertz CT molecular complexity index is 456. The molecule has 1 aliphatic heterocycles. The molecule has 0 aliphatic carbocycles. The summed E-state index contributed by atoms with van der Waals surface area (Å²) in [5.74, 6) is 0. The molecule has 2 N–H and O–H groups in total. The van der Waals surface area contributed by atoms with Gasteiger partial charge >= 0.3 is 0 Å². The van der Waals surface area contributed by atoms with Gasteiger partial charge in [-0.05, 0) is 51.0 Å². The summed E-state index contributed by atoms with van der Waals surface area (Å²) in [7, 11) is 1.97. The minimum atomic E-state index is 0.0376. The Morgan fingerprint density at radius 3 is 2.50 bits per heavy atom. The molecule has 0 unspecified atom stereocenters. The highest BCUT2D eigenvalue weighted by Gasteiger charge is 2.24. The van der Waals surface area contributed by atoms with Crippen LogP contribution in [-0.4, -0.2) is 12.6 Å². The summed E-state index contributed by atoms with van der Waals surface area (Å²) in [5.41, 5.74) is 6.38. The van der Waals surface area contributed by atoms with Gasteiger partial charge in [0.05, 0.1) is 5.54 Å². The summed E-state index contributed by atoms with van der Waals surface area (Å²) in [6.45, 7) is 8.70. The average Bonchev–Trinajstić information content (AvgIpc) is 2.13. The quantitative estimate of drug-likeness (QED) is 0.749. The number of anilines is 2. The van der Waals surface area contributed by atoms with Crippen LogP contribution in [0.5, 0.6) is 0 Å². The lowest BCUT2D eigenvalue weighted by molar-refractivity contribution is 0.707. The zero-order valence-electron chi connectivity index (χ0n) is 10.7. The van der Waals surface area contributed by atoms with Gasteiger partial charge < -0.3 is 10.6 Å². The molecule has 2 heteroatoms. The van der Waals surface area contributed by atoms with Gasteiger partial charge in [0, 0.05) is 24.0 Å². The topological polar surface area (TPSA) is 24.1 Å².